The summed E-state index contributed by atoms with van der Waals surface area (Å²) in [6, 6.07) is 18.8. The molecule has 0 radical (unpaired) electrons. The predicted octanol–water partition coefficient (Wildman–Crippen LogP) is 7.63. The zero-order chi connectivity index (χ0) is 31.8. The fourth-order valence-corrected chi connectivity index (χ4v) is 6.40. The predicted molar refractivity (Wildman–Crippen MR) is 168 cm³/mol. The molecule has 0 unspecified atom stereocenters. The molecule has 4 N–H and O–H groups in total. The Morgan fingerprint density at radius 1 is 0.750 bits per heavy atom. The van der Waals surface area contributed by atoms with E-state index >= 15 is 0 Å². The molecule has 5 rings (SSSR count). The summed E-state index contributed by atoms with van der Waals surface area (Å²) in [5.74, 6) is -1.18. The number of azo groups is 2. The van der Waals surface area contributed by atoms with E-state index in [-0.39, 0.29) is 38.5 Å². The van der Waals surface area contributed by atoms with E-state index in [1.165, 1.54) is 31.2 Å². The average Bonchev–Trinajstić information content (AvgIpc) is 3.00. The standard InChI is InChI=1S/C30H27N5O7S2/c1-4-43(38,39)19-15-18-9-12-25(30(37)27(18)26(16-19)44(40,41)42)34-33-24-14-10-20-21(29(24)36)11-13-23(31-3)28(20)35-32-22-8-6-5-7-17(22)2/h5-16,31,36-37H,4H2,1-3H3,(H,40,41,42)/b34-33+,35-32+. The van der Waals surface area contributed by atoms with Crippen LogP contribution in [0.15, 0.2) is 103 Å². The van der Waals surface area contributed by atoms with Crippen molar-refractivity contribution in [2.45, 2.75) is 23.6 Å². The Morgan fingerprint density at radius 3 is 2.05 bits per heavy atom. The van der Waals surface area contributed by atoms with Crippen LogP contribution in [0.25, 0.3) is 21.5 Å². The molecule has 0 fully saturated rings. The van der Waals surface area contributed by atoms with Crippen molar-refractivity contribution < 1.29 is 31.6 Å². The molecule has 0 aliphatic rings. The van der Waals surface area contributed by atoms with Crippen LogP contribution in [0, 0.1) is 6.92 Å². The molecular weight excluding hydrogens is 606 g/mol. The summed E-state index contributed by atoms with van der Waals surface area (Å²) in [5.41, 5.74) is 2.65. The summed E-state index contributed by atoms with van der Waals surface area (Å²) < 4.78 is 59.1. The van der Waals surface area contributed by atoms with E-state index < -0.39 is 30.6 Å². The number of nitrogens with zero attached hydrogens (tertiary/aromatic N) is 4. The van der Waals surface area contributed by atoms with Crippen molar-refractivity contribution in [1.82, 2.24) is 0 Å². The van der Waals surface area contributed by atoms with Crippen molar-refractivity contribution in [3.8, 4) is 11.5 Å². The van der Waals surface area contributed by atoms with Crippen molar-refractivity contribution >= 4 is 69.9 Å². The van der Waals surface area contributed by atoms with E-state index in [9.17, 15) is 31.6 Å². The van der Waals surface area contributed by atoms with Gasteiger partial charge in [0.2, 0.25) is 0 Å². The summed E-state index contributed by atoms with van der Waals surface area (Å²) in [7, 11) is -7.05. The van der Waals surface area contributed by atoms with Gasteiger partial charge in [0.25, 0.3) is 10.1 Å². The number of hydrogen-bond donors (Lipinski definition) is 4. The third-order valence-electron chi connectivity index (χ3n) is 7.05. The maximum atomic E-state index is 12.4. The van der Waals surface area contributed by atoms with Gasteiger partial charge in [-0.3, -0.25) is 4.55 Å². The Labute approximate surface area is 253 Å². The maximum Gasteiger partial charge on any atom is 0.295 e. The molecule has 0 aliphatic heterocycles. The second kappa shape index (κ2) is 11.6. The fourth-order valence-electron chi connectivity index (χ4n) is 4.64. The molecule has 0 heterocycles. The molecule has 0 amide bonds. The van der Waals surface area contributed by atoms with E-state index in [1.54, 1.807) is 25.2 Å². The van der Waals surface area contributed by atoms with Crippen LogP contribution in [0.5, 0.6) is 11.5 Å². The van der Waals surface area contributed by atoms with E-state index in [2.05, 4.69) is 25.8 Å². The van der Waals surface area contributed by atoms with Crippen molar-refractivity contribution in [1.29, 1.82) is 0 Å². The first-order valence-electron chi connectivity index (χ1n) is 13.2. The lowest BCUT2D eigenvalue weighted by atomic mass is 10.1. The molecule has 0 saturated heterocycles. The lowest BCUT2D eigenvalue weighted by molar-refractivity contribution is 0.474. The number of anilines is 1. The molecular formula is C30H27N5O7S2. The molecule has 0 bridgehead atoms. The van der Waals surface area contributed by atoms with Crippen molar-refractivity contribution in [3.05, 3.63) is 78.4 Å². The molecule has 5 aromatic carbocycles. The number of fused-ring (bicyclic) bond motifs is 2. The zero-order valence-electron chi connectivity index (χ0n) is 23.7. The number of aromatic hydroxyl groups is 2. The first-order valence-corrected chi connectivity index (χ1v) is 16.3. The Bertz CT molecular complexity index is 2230. The van der Waals surface area contributed by atoms with Gasteiger partial charge in [-0.2, -0.15) is 13.5 Å². The largest absolute Gasteiger partial charge is 0.505 e. The Kier molecular flexibility index (Phi) is 8.07. The highest BCUT2D eigenvalue weighted by Gasteiger charge is 2.24. The van der Waals surface area contributed by atoms with Crippen molar-refractivity contribution in [2.75, 3.05) is 18.1 Å². The molecule has 0 aliphatic carbocycles. The molecule has 12 nitrogen and oxygen atoms in total. The van der Waals surface area contributed by atoms with Gasteiger partial charge < -0.3 is 15.5 Å². The molecule has 44 heavy (non-hydrogen) atoms. The first-order chi connectivity index (χ1) is 20.9. The van der Waals surface area contributed by atoms with Crippen LogP contribution in [-0.2, 0) is 20.0 Å². The highest BCUT2D eigenvalue weighted by Crippen LogP contribution is 2.44. The Balaban J connectivity index is 1.59. The van der Waals surface area contributed by atoms with Crippen LogP contribution in [0.2, 0.25) is 0 Å². The molecule has 5 aromatic rings. The van der Waals surface area contributed by atoms with E-state index in [4.69, 9.17) is 0 Å². The van der Waals surface area contributed by atoms with Gasteiger partial charge in [0.15, 0.2) is 21.3 Å². The number of nitrogens with one attached hydrogen (secondary N) is 1. The quantitative estimate of drug-likeness (QED) is 0.0990. The average molecular weight is 634 g/mol. The number of sulfone groups is 1. The van der Waals surface area contributed by atoms with Gasteiger partial charge in [-0.25, -0.2) is 8.42 Å². The fraction of sp³-hybridized carbons (Fsp3) is 0.133. The molecule has 0 aromatic heterocycles. The number of benzene rings is 5. The van der Waals surface area contributed by atoms with E-state index in [1.807, 2.05) is 31.2 Å². The number of aryl methyl sites for hydroxylation is 1. The topological polar surface area (TPSA) is 190 Å². The van der Waals surface area contributed by atoms with E-state index in [0.717, 1.165) is 11.6 Å². The number of phenols is 2. The number of hydrogen-bond acceptors (Lipinski definition) is 11. The third kappa shape index (κ3) is 5.69. The Morgan fingerprint density at radius 2 is 1.39 bits per heavy atom. The van der Waals surface area contributed by atoms with Gasteiger partial charge in [0.05, 0.1) is 22.0 Å². The third-order valence-corrected chi connectivity index (χ3v) is 9.65. The first kappa shape index (κ1) is 30.5. The molecule has 226 valence electrons. The van der Waals surface area contributed by atoms with Crippen LogP contribution >= 0.6 is 0 Å². The maximum absolute atomic E-state index is 12.4. The minimum Gasteiger partial charge on any atom is -0.505 e. The van der Waals surface area contributed by atoms with Gasteiger partial charge in [-0.1, -0.05) is 31.2 Å². The number of phenolic OH excluding ortho intramolecular Hbond substituents is 2. The minimum atomic E-state index is -4.95. The summed E-state index contributed by atoms with van der Waals surface area (Å²) >= 11 is 0. The lowest BCUT2D eigenvalue weighted by Crippen LogP contribution is -2.07. The molecule has 0 atom stereocenters. The second-order valence-corrected chi connectivity index (χ2v) is 13.4. The van der Waals surface area contributed by atoms with Crippen LogP contribution in [0.1, 0.15) is 12.5 Å². The molecule has 0 spiro atoms. The van der Waals surface area contributed by atoms with Crippen LogP contribution < -0.4 is 5.32 Å². The number of rotatable bonds is 8. The highest BCUT2D eigenvalue weighted by molar-refractivity contribution is 7.91. The molecule has 14 heteroatoms. The van der Waals surface area contributed by atoms with Crippen LogP contribution in [0.3, 0.4) is 0 Å². The van der Waals surface area contributed by atoms with Gasteiger partial charge >= 0.3 is 0 Å². The van der Waals surface area contributed by atoms with Gasteiger partial charge in [-0.15, -0.1) is 15.3 Å². The highest BCUT2D eigenvalue weighted by atomic mass is 32.2. The van der Waals surface area contributed by atoms with Crippen molar-refractivity contribution in [3.63, 3.8) is 0 Å². The summed E-state index contributed by atoms with van der Waals surface area (Å²) in [4.78, 5) is -1.12. The van der Waals surface area contributed by atoms with E-state index in [0.29, 0.717) is 27.8 Å². The molecule has 0 saturated carbocycles. The summed E-state index contributed by atoms with van der Waals surface area (Å²) in [6.07, 6.45) is 0. The normalized spacial score (nSPS) is 12.5. The van der Waals surface area contributed by atoms with Gasteiger partial charge in [0.1, 0.15) is 22.0 Å². The van der Waals surface area contributed by atoms with Gasteiger partial charge in [0, 0.05) is 23.2 Å². The minimum absolute atomic E-state index is 0.0374. The SMILES string of the molecule is CCS(=O)(=O)c1cc(S(=O)(=O)O)c2c(O)c(/N=N/c3ccc4c(/N=N/c5ccccc5C)c(NC)ccc4c3O)ccc2c1. The van der Waals surface area contributed by atoms with Crippen LogP contribution in [-0.4, -0.2) is 44.4 Å². The van der Waals surface area contributed by atoms with Gasteiger partial charge in [-0.05, 0) is 66.4 Å². The summed E-state index contributed by atoms with van der Waals surface area (Å²) in [6.45, 7) is 3.32. The van der Waals surface area contributed by atoms with Crippen LogP contribution in [0.4, 0.5) is 28.4 Å². The second-order valence-electron chi connectivity index (χ2n) is 9.76. The lowest BCUT2D eigenvalue weighted by Gasteiger charge is -2.11. The van der Waals surface area contributed by atoms with Crippen molar-refractivity contribution in [2.24, 2.45) is 20.5 Å². The smallest absolute Gasteiger partial charge is 0.295 e. The monoisotopic (exact) mass is 633 g/mol. The zero-order valence-corrected chi connectivity index (χ0v) is 25.3. The Hall–Kier alpha value is -4.92. The summed E-state index contributed by atoms with van der Waals surface area (Å²) in [5, 5.41) is 42.7.